The fraction of sp³-hybridized carbons (Fsp3) is 0.615. The molecule has 0 aliphatic rings. The molecule has 0 unspecified atom stereocenters. The molecule has 2 N–H and O–H groups in total. The van der Waals surface area contributed by atoms with Gasteiger partial charge in [0.2, 0.25) is 0 Å². The normalized spacial score (nSPS) is 12.9. The van der Waals surface area contributed by atoms with Gasteiger partial charge in [-0.1, -0.05) is 0 Å². The van der Waals surface area contributed by atoms with Crippen LogP contribution in [0.25, 0.3) is 0 Å². The van der Waals surface area contributed by atoms with Crippen LogP contribution in [0, 0.1) is 13.8 Å². The Balaban J connectivity index is 2.70. The molecule has 19 heavy (non-hydrogen) atoms. The lowest BCUT2D eigenvalue weighted by molar-refractivity contribution is -0.156. The van der Waals surface area contributed by atoms with Crippen molar-refractivity contribution in [3.63, 3.8) is 0 Å². The highest BCUT2D eigenvalue weighted by molar-refractivity contribution is 5.98. The van der Waals surface area contributed by atoms with Gasteiger partial charge >= 0.3 is 5.97 Å². The molecule has 0 radical (unpaired) electrons. The number of hydrogen-bond donors (Lipinski definition) is 2. The first-order valence-corrected chi connectivity index (χ1v) is 6.17. The van der Waals surface area contributed by atoms with E-state index in [1.807, 2.05) is 0 Å². The highest BCUT2D eigenvalue weighted by Crippen LogP contribution is 2.11. The summed E-state index contributed by atoms with van der Waals surface area (Å²) in [6.45, 7) is 10.4. The topological polar surface area (TPSA) is 84.1 Å². The van der Waals surface area contributed by atoms with E-state index in [9.17, 15) is 9.59 Å². The second kappa shape index (κ2) is 5.42. The van der Waals surface area contributed by atoms with E-state index < -0.39 is 17.6 Å². The monoisotopic (exact) mass is 267 g/mol. The lowest BCUT2D eigenvalue weighted by Gasteiger charge is -2.22. The van der Waals surface area contributed by atoms with Gasteiger partial charge in [-0.2, -0.15) is 5.10 Å². The molecule has 0 aromatic carbocycles. The molecular formula is C13H21N3O3. The Labute approximate surface area is 112 Å². The summed E-state index contributed by atoms with van der Waals surface area (Å²) >= 11 is 0. The van der Waals surface area contributed by atoms with E-state index in [1.54, 1.807) is 41.5 Å². The number of carbonyl (C=O) groups is 2. The molecule has 1 rings (SSSR count). The van der Waals surface area contributed by atoms with Gasteiger partial charge in [-0.05, 0) is 41.5 Å². The van der Waals surface area contributed by atoms with Crippen molar-refractivity contribution in [2.24, 2.45) is 0 Å². The minimum absolute atomic E-state index is 0.331. The van der Waals surface area contributed by atoms with Crippen molar-refractivity contribution in [1.29, 1.82) is 0 Å². The van der Waals surface area contributed by atoms with Gasteiger partial charge in [-0.25, -0.2) is 4.79 Å². The van der Waals surface area contributed by atoms with Crippen molar-refractivity contribution < 1.29 is 14.3 Å². The molecule has 0 saturated heterocycles. The maximum atomic E-state index is 12.0. The zero-order chi connectivity index (χ0) is 14.8. The summed E-state index contributed by atoms with van der Waals surface area (Å²) in [4.78, 5) is 23.8. The molecule has 1 atom stereocenters. The average molecular weight is 267 g/mol. The van der Waals surface area contributed by atoms with Gasteiger partial charge in [0.25, 0.3) is 5.91 Å². The highest BCUT2D eigenvalue weighted by atomic mass is 16.6. The maximum absolute atomic E-state index is 12.0. The van der Waals surface area contributed by atoms with Gasteiger partial charge in [-0.3, -0.25) is 9.89 Å². The number of esters is 1. The summed E-state index contributed by atoms with van der Waals surface area (Å²) < 4.78 is 5.20. The van der Waals surface area contributed by atoms with Crippen LogP contribution in [0.15, 0.2) is 0 Å². The maximum Gasteiger partial charge on any atom is 0.328 e. The van der Waals surface area contributed by atoms with Gasteiger partial charge in [0.05, 0.1) is 11.3 Å². The van der Waals surface area contributed by atoms with Crippen LogP contribution in [0.3, 0.4) is 0 Å². The number of rotatable bonds is 3. The fourth-order valence-corrected chi connectivity index (χ4v) is 1.60. The quantitative estimate of drug-likeness (QED) is 0.813. The Bertz CT molecular complexity index is 466. The Morgan fingerprint density at radius 3 is 2.32 bits per heavy atom. The van der Waals surface area contributed by atoms with Crippen molar-refractivity contribution in [2.75, 3.05) is 0 Å². The number of carbonyl (C=O) groups excluding carboxylic acids is 2. The lowest BCUT2D eigenvalue weighted by atomic mass is 10.1. The Kier molecular flexibility index (Phi) is 4.34. The third kappa shape index (κ3) is 4.08. The number of H-pyrrole nitrogens is 1. The predicted octanol–water partition coefficient (Wildman–Crippen LogP) is 1.49. The minimum Gasteiger partial charge on any atom is -0.458 e. The highest BCUT2D eigenvalue weighted by Gasteiger charge is 2.25. The van der Waals surface area contributed by atoms with E-state index in [2.05, 4.69) is 15.5 Å². The molecule has 6 heteroatoms. The summed E-state index contributed by atoms with van der Waals surface area (Å²) in [6.07, 6.45) is 0. The van der Waals surface area contributed by atoms with Gasteiger partial charge in [0.15, 0.2) is 0 Å². The van der Waals surface area contributed by atoms with E-state index >= 15 is 0 Å². The number of aromatic nitrogens is 2. The summed E-state index contributed by atoms with van der Waals surface area (Å²) in [6, 6.07) is -0.708. The molecule has 1 amide bonds. The number of aromatic amines is 1. The average Bonchev–Trinajstić information content (AvgIpc) is 2.55. The fourth-order valence-electron chi connectivity index (χ4n) is 1.60. The third-order valence-corrected chi connectivity index (χ3v) is 2.46. The summed E-state index contributed by atoms with van der Waals surface area (Å²) in [5.74, 6) is -0.790. The van der Waals surface area contributed by atoms with Crippen molar-refractivity contribution in [1.82, 2.24) is 15.5 Å². The summed E-state index contributed by atoms with van der Waals surface area (Å²) in [5.41, 5.74) is 1.17. The molecule has 0 bridgehead atoms. The van der Waals surface area contributed by atoms with Crippen LogP contribution >= 0.6 is 0 Å². The van der Waals surface area contributed by atoms with Crippen molar-refractivity contribution in [2.45, 2.75) is 53.2 Å². The van der Waals surface area contributed by atoms with E-state index in [0.29, 0.717) is 17.0 Å². The molecule has 0 saturated carbocycles. The molecular weight excluding hydrogens is 246 g/mol. The molecule has 0 aliphatic heterocycles. The molecule has 1 heterocycles. The van der Waals surface area contributed by atoms with Crippen LogP contribution in [0.2, 0.25) is 0 Å². The number of ether oxygens (including phenoxy) is 1. The third-order valence-electron chi connectivity index (χ3n) is 2.46. The zero-order valence-electron chi connectivity index (χ0n) is 12.2. The first-order valence-electron chi connectivity index (χ1n) is 6.17. The zero-order valence-corrected chi connectivity index (χ0v) is 12.2. The van der Waals surface area contributed by atoms with E-state index in [1.165, 1.54) is 0 Å². The van der Waals surface area contributed by atoms with Crippen LogP contribution in [0.1, 0.15) is 49.4 Å². The molecule has 6 nitrogen and oxygen atoms in total. The number of aryl methyl sites for hydroxylation is 2. The lowest BCUT2D eigenvalue weighted by Crippen LogP contribution is -2.42. The van der Waals surface area contributed by atoms with E-state index in [0.717, 1.165) is 0 Å². The molecule has 0 aliphatic carbocycles. The predicted molar refractivity (Wildman–Crippen MR) is 70.8 cm³/mol. The van der Waals surface area contributed by atoms with Gasteiger partial charge < -0.3 is 10.1 Å². The number of hydrogen-bond acceptors (Lipinski definition) is 4. The molecule has 106 valence electrons. The van der Waals surface area contributed by atoms with Crippen LogP contribution < -0.4 is 5.32 Å². The summed E-state index contributed by atoms with van der Waals surface area (Å²) in [7, 11) is 0. The Morgan fingerprint density at radius 1 is 1.32 bits per heavy atom. The molecule has 1 aromatic heterocycles. The van der Waals surface area contributed by atoms with Gasteiger partial charge in [0, 0.05) is 5.69 Å². The van der Waals surface area contributed by atoms with Crippen LogP contribution in [-0.2, 0) is 9.53 Å². The standard InChI is InChI=1S/C13H21N3O3/c1-7-10(8(2)16-15-7)11(17)14-9(3)12(18)19-13(4,5)6/h9H,1-6H3,(H,14,17)(H,15,16)/t9-/m0/s1. The Morgan fingerprint density at radius 2 is 1.89 bits per heavy atom. The SMILES string of the molecule is Cc1n[nH]c(C)c1C(=O)N[C@@H](C)C(=O)OC(C)(C)C. The minimum atomic E-state index is -0.708. The number of nitrogens with one attached hydrogen (secondary N) is 2. The van der Waals surface area contributed by atoms with Crippen LogP contribution in [-0.4, -0.2) is 33.7 Å². The number of nitrogens with zero attached hydrogens (tertiary/aromatic N) is 1. The van der Waals surface area contributed by atoms with Gasteiger partial charge in [0.1, 0.15) is 11.6 Å². The second-order valence-electron chi connectivity index (χ2n) is 5.54. The molecule has 1 aromatic rings. The second-order valence-corrected chi connectivity index (χ2v) is 5.54. The first kappa shape index (κ1) is 15.2. The largest absolute Gasteiger partial charge is 0.458 e. The van der Waals surface area contributed by atoms with Crippen LogP contribution in [0.5, 0.6) is 0 Å². The van der Waals surface area contributed by atoms with Crippen molar-refractivity contribution in [3.8, 4) is 0 Å². The van der Waals surface area contributed by atoms with E-state index in [-0.39, 0.29) is 5.91 Å². The van der Waals surface area contributed by atoms with E-state index in [4.69, 9.17) is 4.74 Å². The number of amides is 1. The van der Waals surface area contributed by atoms with Crippen LogP contribution in [0.4, 0.5) is 0 Å². The Hall–Kier alpha value is -1.85. The first-order chi connectivity index (χ1) is 8.61. The van der Waals surface area contributed by atoms with Crippen molar-refractivity contribution in [3.05, 3.63) is 17.0 Å². The molecule has 0 spiro atoms. The smallest absolute Gasteiger partial charge is 0.328 e. The van der Waals surface area contributed by atoms with Gasteiger partial charge in [-0.15, -0.1) is 0 Å². The van der Waals surface area contributed by atoms with Crippen molar-refractivity contribution >= 4 is 11.9 Å². The summed E-state index contributed by atoms with van der Waals surface area (Å²) in [5, 5.41) is 9.29. The molecule has 0 fully saturated rings.